The molecule has 0 spiro atoms. The summed E-state index contributed by atoms with van der Waals surface area (Å²) >= 11 is 3.37. The summed E-state index contributed by atoms with van der Waals surface area (Å²) in [6.07, 6.45) is 2.02. The summed E-state index contributed by atoms with van der Waals surface area (Å²) in [4.78, 5) is 2.26. The highest BCUT2D eigenvalue weighted by Crippen LogP contribution is 2.19. The van der Waals surface area contributed by atoms with E-state index in [1.165, 1.54) is 6.07 Å². The van der Waals surface area contributed by atoms with E-state index in [0.717, 1.165) is 36.0 Å². The summed E-state index contributed by atoms with van der Waals surface area (Å²) in [7, 11) is 0. The predicted molar refractivity (Wildman–Crippen MR) is 66.6 cm³/mol. The van der Waals surface area contributed by atoms with Gasteiger partial charge in [-0.1, -0.05) is 15.9 Å². The fourth-order valence-corrected chi connectivity index (χ4v) is 2.42. The van der Waals surface area contributed by atoms with Crippen molar-refractivity contribution in [2.45, 2.75) is 25.4 Å². The molecule has 0 bridgehead atoms. The van der Waals surface area contributed by atoms with E-state index in [4.69, 9.17) is 5.73 Å². The smallest absolute Gasteiger partial charge is 0.127 e. The minimum atomic E-state index is -0.127. The minimum absolute atomic E-state index is 0.127. The molecular formula is C12H16BrFN2. The highest BCUT2D eigenvalue weighted by atomic mass is 79.9. The summed E-state index contributed by atoms with van der Waals surface area (Å²) in [6, 6.07) is 5.41. The standard InChI is InChI=1S/C12H16BrFN2/c13-10-1-2-12(14)9(7-10)8-16-5-3-11(15)4-6-16/h1-2,7,11H,3-6,8,15H2. The lowest BCUT2D eigenvalue weighted by molar-refractivity contribution is 0.203. The molecule has 1 aliphatic rings. The van der Waals surface area contributed by atoms with Crippen LogP contribution >= 0.6 is 15.9 Å². The van der Waals surface area contributed by atoms with E-state index in [1.807, 2.05) is 6.07 Å². The Morgan fingerprint density at radius 3 is 2.75 bits per heavy atom. The lowest BCUT2D eigenvalue weighted by atomic mass is 10.1. The fraction of sp³-hybridized carbons (Fsp3) is 0.500. The Kier molecular flexibility index (Phi) is 3.95. The molecule has 2 rings (SSSR count). The van der Waals surface area contributed by atoms with Crippen LogP contribution in [0.1, 0.15) is 18.4 Å². The van der Waals surface area contributed by atoms with E-state index < -0.39 is 0 Å². The summed E-state index contributed by atoms with van der Waals surface area (Å²) in [5.41, 5.74) is 6.59. The number of rotatable bonds is 2. The molecule has 1 fully saturated rings. The van der Waals surface area contributed by atoms with E-state index in [-0.39, 0.29) is 5.82 Å². The average Bonchev–Trinajstić information content (AvgIpc) is 2.27. The van der Waals surface area contributed by atoms with Crippen LogP contribution in [0.15, 0.2) is 22.7 Å². The maximum absolute atomic E-state index is 13.5. The second-order valence-electron chi connectivity index (χ2n) is 4.35. The summed E-state index contributed by atoms with van der Waals surface area (Å²) < 4.78 is 14.5. The molecule has 0 amide bonds. The van der Waals surface area contributed by atoms with Gasteiger partial charge < -0.3 is 5.73 Å². The molecule has 0 aromatic heterocycles. The number of hydrogen-bond acceptors (Lipinski definition) is 2. The molecule has 16 heavy (non-hydrogen) atoms. The number of nitrogens with two attached hydrogens (primary N) is 1. The molecule has 1 aromatic carbocycles. The molecule has 0 radical (unpaired) electrons. The van der Waals surface area contributed by atoms with Crippen LogP contribution in [0.4, 0.5) is 4.39 Å². The molecule has 0 unspecified atom stereocenters. The molecule has 0 aliphatic carbocycles. The Morgan fingerprint density at radius 2 is 2.06 bits per heavy atom. The number of nitrogens with zero attached hydrogens (tertiary/aromatic N) is 1. The van der Waals surface area contributed by atoms with Crippen LogP contribution in [-0.4, -0.2) is 24.0 Å². The van der Waals surface area contributed by atoms with E-state index in [1.54, 1.807) is 6.07 Å². The quantitative estimate of drug-likeness (QED) is 0.905. The van der Waals surface area contributed by atoms with E-state index >= 15 is 0 Å². The van der Waals surface area contributed by atoms with Crippen molar-refractivity contribution < 1.29 is 4.39 Å². The molecule has 0 saturated carbocycles. The second kappa shape index (κ2) is 5.25. The minimum Gasteiger partial charge on any atom is -0.328 e. The van der Waals surface area contributed by atoms with Crippen molar-refractivity contribution in [1.82, 2.24) is 4.90 Å². The van der Waals surface area contributed by atoms with Gasteiger partial charge in [0.25, 0.3) is 0 Å². The van der Waals surface area contributed by atoms with Crippen molar-refractivity contribution in [2.75, 3.05) is 13.1 Å². The molecule has 2 nitrogen and oxygen atoms in total. The Morgan fingerprint density at radius 1 is 1.38 bits per heavy atom. The van der Waals surface area contributed by atoms with Gasteiger partial charge in [0.05, 0.1) is 0 Å². The zero-order valence-corrected chi connectivity index (χ0v) is 10.7. The van der Waals surface area contributed by atoms with Crippen LogP contribution in [0.3, 0.4) is 0 Å². The van der Waals surface area contributed by atoms with E-state index in [0.29, 0.717) is 12.6 Å². The lowest BCUT2D eigenvalue weighted by Gasteiger charge is -2.30. The van der Waals surface area contributed by atoms with Crippen molar-refractivity contribution >= 4 is 15.9 Å². The maximum atomic E-state index is 13.5. The topological polar surface area (TPSA) is 29.3 Å². The summed E-state index contributed by atoms with van der Waals surface area (Å²) in [5.74, 6) is -0.127. The third-order valence-corrected chi connectivity index (χ3v) is 3.53. The van der Waals surface area contributed by atoms with Gasteiger partial charge in [0.15, 0.2) is 0 Å². The maximum Gasteiger partial charge on any atom is 0.127 e. The first kappa shape index (κ1) is 12.0. The van der Waals surface area contributed by atoms with Crippen LogP contribution in [-0.2, 0) is 6.54 Å². The van der Waals surface area contributed by atoms with Crippen LogP contribution in [0.2, 0.25) is 0 Å². The number of likely N-dealkylation sites (tertiary alicyclic amines) is 1. The van der Waals surface area contributed by atoms with Gasteiger partial charge in [-0.2, -0.15) is 0 Å². The average molecular weight is 287 g/mol. The van der Waals surface area contributed by atoms with Crippen LogP contribution in [0.5, 0.6) is 0 Å². The number of hydrogen-bond donors (Lipinski definition) is 1. The third-order valence-electron chi connectivity index (χ3n) is 3.03. The first-order valence-corrected chi connectivity index (χ1v) is 6.36. The van der Waals surface area contributed by atoms with Crippen molar-refractivity contribution in [3.05, 3.63) is 34.1 Å². The van der Waals surface area contributed by atoms with Gasteiger partial charge in [0, 0.05) is 22.6 Å². The van der Waals surface area contributed by atoms with Crippen LogP contribution in [0, 0.1) is 5.82 Å². The Labute approximate surface area is 104 Å². The summed E-state index contributed by atoms with van der Waals surface area (Å²) in [6.45, 7) is 2.61. The number of piperidine rings is 1. The second-order valence-corrected chi connectivity index (χ2v) is 5.26. The number of benzene rings is 1. The predicted octanol–water partition coefficient (Wildman–Crippen LogP) is 2.51. The molecule has 1 aromatic rings. The van der Waals surface area contributed by atoms with Crippen molar-refractivity contribution in [3.63, 3.8) is 0 Å². The normalized spacial score (nSPS) is 18.9. The van der Waals surface area contributed by atoms with Gasteiger partial charge in [-0.15, -0.1) is 0 Å². The highest BCUT2D eigenvalue weighted by molar-refractivity contribution is 9.10. The molecule has 0 atom stereocenters. The van der Waals surface area contributed by atoms with Gasteiger partial charge in [0.1, 0.15) is 5.82 Å². The first-order chi connectivity index (χ1) is 7.65. The molecule has 1 heterocycles. The van der Waals surface area contributed by atoms with Crippen LogP contribution < -0.4 is 5.73 Å². The SMILES string of the molecule is NC1CCN(Cc2cc(Br)ccc2F)CC1. The molecule has 1 saturated heterocycles. The fourth-order valence-electron chi connectivity index (χ4n) is 2.02. The van der Waals surface area contributed by atoms with E-state index in [2.05, 4.69) is 20.8 Å². The monoisotopic (exact) mass is 286 g/mol. The third kappa shape index (κ3) is 3.03. The number of halogens is 2. The summed E-state index contributed by atoms with van der Waals surface area (Å²) in [5, 5.41) is 0. The van der Waals surface area contributed by atoms with Gasteiger partial charge in [0.2, 0.25) is 0 Å². The van der Waals surface area contributed by atoms with Gasteiger partial charge in [-0.25, -0.2) is 4.39 Å². The Bertz CT molecular complexity index is 362. The van der Waals surface area contributed by atoms with Crippen molar-refractivity contribution in [3.8, 4) is 0 Å². The van der Waals surface area contributed by atoms with Crippen molar-refractivity contribution in [2.24, 2.45) is 5.73 Å². The zero-order valence-electron chi connectivity index (χ0n) is 9.13. The van der Waals surface area contributed by atoms with Gasteiger partial charge in [-0.05, 0) is 44.1 Å². The molecule has 4 heteroatoms. The van der Waals surface area contributed by atoms with Gasteiger partial charge >= 0.3 is 0 Å². The first-order valence-electron chi connectivity index (χ1n) is 5.57. The largest absolute Gasteiger partial charge is 0.328 e. The lowest BCUT2D eigenvalue weighted by Crippen LogP contribution is -2.39. The highest BCUT2D eigenvalue weighted by Gasteiger charge is 2.17. The Balaban J connectivity index is 2.00. The molecular weight excluding hydrogens is 271 g/mol. The molecule has 1 aliphatic heterocycles. The van der Waals surface area contributed by atoms with Gasteiger partial charge in [-0.3, -0.25) is 4.90 Å². The molecule has 2 N–H and O–H groups in total. The Hall–Kier alpha value is -0.450. The van der Waals surface area contributed by atoms with Crippen LogP contribution in [0.25, 0.3) is 0 Å². The van der Waals surface area contributed by atoms with Crippen molar-refractivity contribution in [1.29, 1.82) is 0 Å². The van der Waals surface area contributed by atoms with E-state index in [9.17, 15) is 4.39 Å². The molecule has 88 valence electrons. The zero-order chi connectivity index (χ0) is 11.5.